The maximum absolute atomic E-state index is 11.8. The number of piperazine rings is 1. The van der Waals surface area contributed by atoms with Gasteiger partial charge in [0.1, 0.15) is 0 Å². The molecule has 1 saturated heterocycles. The second-order valence-corrected chi connectivity index (χ2v) is 6.54. The highest BCUT2D eigenvalue weighted by molar-refractivity contribution is 7.89. The van der Waals surface area contributed by atoms with Crippen molar-refractivity contribution >= 4 is 15.9 Å². The van der Waals surface area contributed by atoms with Gasteiger partial charge in [-0.05, 0) is 13.5 Å². The van der Waals surface area contributed by atoms with Gasteiger partial charge in [0.25, 0.3) is 0 Å². The quantitative estimate of drug-likeness (QED) is 0.709. The second-order valence-electron chi connectivity index (χ2n) is 4.45. The highest BCUT2D eigenvalue weighted by Crippen LogP contribution is 2.09. The van der Waals surface area contributed by atoms with Crippen molar-refractivity contribution in [1.29, 1.82) is 0 Å². The molecule has 0 saturated carbocycles. The molecule has 1 aliphatic rings. The third kappa shape index (κ3) is 4.22. The Morgan fingerprint density at radius 3 is 2.33 bits per heavy atom. The third-order valence-corrected chi connectivity index (χ3v) is 5.11. The van der Waals surface area contributed by atoms with Crippen molar-refractivity contribution in [1.82, 2.24) is 14.5 Å². The maximum atomic E-state index is 11.8. The Kier molecular flexibility index (Phi) is 6.04. The molecule has 1 fully saturated rings. The van der Waals surface area contributed by atoms with E-state index in [1.165, 1.54) is 4.31 Å². The van der Waals surface area contributed by atoms with Crippen molar-refractivity contribution in [3.8, 4) is 0 Å². The minimum atomic E-state index is -3.12. The number of carbonyl (C=O) groups excluding carboxylic acids is 1. The Labute approximate surface area is 109 Å². The fourth-order valence-corrected chi connectivity index (χ4v) is 3.49. The Morgan fingerprint density at radius 1 is 1.22 bits per heavy atom. The number of carbonyl (C=O) groups is 1. The molecule has 1 aliphatic heterocycles. The molecule has 1 heterocycles. The molecule has 0 atom stereocenters. The SMILES string of the molecule is CCCS(=O)(=O)N1CCN(C(=O)CCNC)CC1. The van der Waals surface area contributed by atoms with E-state index < -0.39 is 10.0 Å². The van der Waals surface area contributed by atoms with E-state index >= 15 is 0 Å². The number of sulfonamides is 1. The monoisotopic (exact) mass is 277 g/mol. The number of nitrogens with zero attached hydrogens (tertiary/aromatic N) is 2. The summed E-state index contributed by atoms with van der Waals surface area (Å²) in [6.07, 6.45) is 1.10. The highest BCUT2D eigenvalue weighted by atomic mass is 32.2. The van der Waals surface area contributed by atoms with Crippen LogP contribution in [0.5, 0.6) is 0 Å². The second kappa shape index (κ2) is 7.06. The first-order valence-electron chi connectivity index (χ1n) is 6.41. The minimum Gasteiger partial charge on any atom is -0.340 e. The Hall–Kier alpha value is -0.660. The molecule has 6 nitrogen and oxygen atoms in total. The molecule has 0 aromatic heterocycles. The summed E-state index contributed by atoms with van der Waals surface area (Å²) in [7, 11) is -1.31. The lowest BCUT2D eigenvalue weighted by atomic mass is 10.3. The van der Waals surface area contributed by atoms with Crippen LogP contribution in [0.25, 0.3) is 0 Å². The lowest BCUT2D eigenvalue weighted by Crippen LogP contribution is -2.51. The van der Waals surface area contributed by atoms with Crippen LogP contribution in [0.3, 0.4) is 0 Å². The van der Waals surface area contributed by atoms with Crippen LogP contribution in [0.15, 0.2) is 0 Å². The molecule has 18 heavy (non-hydrogen) atoms. The summed E-state index contributed by atoms with van der Waals surface area (Å²) in [5.41, 5.74) is 0. The molecule has 0 radical (unpaired) electrons. The normalized spacial score (nSPS) is 18.0. The van der Waals surface area contributed by atoms with Crippen LogP contribution >= 0.6 is 0 Å². The molecular formula is C11H23N3O3S. The van der Waals surface area contributed by atoms with E-state index in [-0.39, 0.29) is 11.7 Å². The molecule has 1 N–H and O–H groups in total. The van der Waals surface area contributed by atoms with E-state index in [1.54, 1.807) is 4.90 Å². The largest absolute Gasteiger partial charge is 0.340 e. The van der Waals surface area contributed by atoms with E-state index in [0.29, 0.717) is 45.6 Å². The average molecular weight is 277 g/mol. The highest BCUT2D eigenvalue weighted by Gasteiger charge is 2.27. The van der Waals surface area contributed by atoms with Gasteiger partial charge in [0.15, 0.2) is 0 Å². The molecule has 0 aromatic rings. The number of hydrogen-bond acceptors (Lipinski definition) is 4. The van der Waals surface area contributed by atoms with Crippen LogP contribution in [-0.2, 0) is 14.8 Å². The van der Waals surface area contributed by atoms with Gasteiger partial charge in [-0.2, -0.15) is 4.31 Å². The number of amides is 1. The molecule has 0 unspecified atom stereocenters. The average Bonchev–Trinajstić information content (AvgIpc) is 2.36. The summed E-state index contributed by atoms with van der Waals surface area (Å²) < 4.78 is 25.2. The number of nitrogens with one attached hydrogen (secondary N) is 1. The van der Waals surface area contributed by atoms with Crippen molar-refractivity contribution in [2.45, 2.75) is 19.8 Å². The van der Waals surface area contributed by atoms with Gasteiger partial charge >= 0.3 is 0 Å². The van der Waals surface area contributed by atoms with Crippen LogP contribution in [0, 0.1) is 0 Å². The standard InChI is InChI=1S/C11H23N3O3S/c1-3-10-18(16,17)14-8-6-13(7-9-14)11(15)4-5-12-2/h12H,3-10H2,1-2H3. The first kappa shape index (κ1) is 15.4. The van der Waals surface area contributed by atoms with Crippen LogP contribution in [0.1, 0.15) is 19.8 Å². The van der Waals surface area contributed by atoms with E-state index in [1.807, 2.05) is 14.0 Å². The van der Waals surface area contributed by atoms with Crippen molar-refractivity contribution in [3.05, 3.63) is 0 Å². The van der Waals surface area contributed by atoms with Crippen LogP contribution in [0.4, 0.5) is 0 Å². The fourth-order valence-electron chi connectivity index (χ4n) is 1.99. The smallest absolute Gasteiger partial charge is 0.223 e. The van der Waals surface area contributed by atoms with Crippen LogP contribution < -0.4 is 5.32 Å². The van der Waals surface area contributed by atoms with Gasteiger partial charge in [-0.25, -0.2) is 8.42 Å². The number of hydrogen-bond donors (Lipinski definition) is 1. The Bertz CT molecular complexity index is 362. The van der Waals surface area contributed by atoms with Crippen LogP contribution in [-0.4, -0.2) is 69.1 Å². The fraction of sp³-hybridized carbons (Fsp3) is 0.909. The molecular weight excluding hydrogens is 254 g/mol. The van der Waals surface area contributed by atoms with Gasteiger partial charge < -0.3 is 10.2 Å². The lowest BCUT2D eigenvalue weighted by molar-refractivity contribution is -0.132. The van der Waals surface area contributed by atoms with Gasteiger partial charge in [0.2, 0.25) is 15.9 Å². The zero-order chi connectivity index (χ0) is 13.6. The van der Waals surface area contributed by atoms with Gasteiger partial charge in [-0.15, -0.1) is 0 Å². The van der Waals surface area contributed by atoms with E-state index in [2.05, 4.69) is 5.32 Å². The Balaban J connectivity index is 2.43. The summed E-state index contributed by atoms with van der Waals surface area (Å²) in [6, 6.07) is 0. The third-order valence-electron chi connectivity index (χ3n) is 3.04. The van der Waals surface area contributed by atoms with Crippen molar-refractivity contribution in [3.63, 3.8) is 0 Å². The summed E-state index contributed by atoms with van der Waals surface area (Å²) in [5, 5.41) is 2.93. The van der Waals surface area contributed by atoms with E-state index in [9.17, 15) is 13.2 Å². The van der Waals surface area contributed by atoms with Crippen molar-refractivity contribution < 1.29 is 13.2 Å². The van der Waals surface area contributed by atoms with E-state index in [0.717, 1.165) is 0 Å². The topological polar surface area (TPSA) is 69.7 Å². The Morgan fingerprint density at radius 2 is 1.83 bits per heavy atom. The predicted molar refractivity (Wildman–Crippen MR) is 70.8 cm³/mol. The number of rotatable bonds is 6. The van der Waals surface area contributed by atoms with Gasteiger partial charge in [0, 0.05) is 39.1 Å². The lowest BCUT2D eigenvalue weighted by Gasteiger charge is -2.34. The summed E-state index contributed by atoms with van der Waals surface area (Å²) >= 11 is 0. The molecule has 0 aromatic carbocycles. The molecule has 1 rings (SSSR count). The summed E-state index contributed by atoms with van der Waals surface area (Å²) in [5.74, 6) is 0.289. The molecule has 7 heteroatoms. The first-order valence-corrected chi connectivity index (χ1v) is 8.02. The van der Waals surface area contributed by atoms with Crippen molar-refractivity contribution in [2.75, 3.05) is 45.5 Å². The van der Waals surface area contributed by atoms with Crippen LogP contribution in [0.2, 0.25) is 0 Å². The van der Waals surface area contributed by atoms with Gasteiger partial charge in [-0.3, -0.25) is 4.79 Å². The maximum Gasteiger partial charge on any atom is 0.223 e. The summed E-state index contributed by atoms with van der Waals surface area (Å²) in [4.78, 5) is 13.5. The molecule has 1 amide bonds. The zero-order valence-corrected chi connectivity index (χ0v) is 12.0. The molecule has 0 aliphatic carbocycles. The predicted octanol–water partition coefficient (Wildman–Crippen LogP) is -0.520. The first-order chi connectivity index (χ1) is 8.51. The van der Waals surface area contributed by atoms with Crippen molar-refractivity contribution in [2.24, 2.45) is 0 Å². The van der Waals surface area contributed by atoms with E-state index in [4.69, 9.17) is 0 Å². The van der Waals surface area contributed by atoms with Gasteiger partial charge in [-0.1, -0.05) is 6.92 Å². The molecule has 0 bridgehead atoms. The van der Waals surface area contributed by atoms with Gasteiger partial charge in [0.05, 0.1) is 5.75 Å². The molecule has 106 valence electrons. The molecule has 0 spiro atoms. The zero-order valence-electron chi connectivity index (χ0n) is 11.2. The summed E-state index contributed by atoms with van der Waals surface area (Å²) in [6.45, 7) is 4.38. The minimum absolute atomic E-state index is 0.0943.